The number of hydrogen-bond acceptors (Lipinski definition) is 5. The van der Waals surface area contributed by atoms with Crippen LogP contribution in [0.3, 0.4) is 0 Å². The number of nitrogens with one attached hydrogen (secondary N) is 1. The van der Waals surface area contributed by atoms with Crippen molar-refractivity contribution >= 4 is 40.9 Å². The van der Waals surface area contributed by atoms with Crippen molar-refractivity contribution in [2.75, 3.05) is 14.1 Å². The van der Waals surface area contributed by atoms with Crippen LogP contribution in [-0.2, 0) is 16.2 Å². The third-order valence-corrected chi connectivity index (χ3v) is 8.55. The number of benzene rings is 3. The summed E-state index contributed by atoms with van der Waals surface area (Å²) in [6.07, 6.45) is 2.14. The van der Waals surface area contributed by atoms with E-state index in [-0.39, 0.29) is 18.4 Å². The molecule has 1 saturated carbocycles. The molecule has 0 saturated heterocycles. The fraction of sp³-hybridized carbons (Fsp3) is 0.344. The molecule has 42 heavy (non-hydrogen) atoms. The van der Waals surface area contributed by atoms with Crippen LogP contribution in [0.4, 0.5) is 0 Å². The second kappa shape index (κ2) is 12.8. The predicted octanol–water partition coefficient (Wildman–Crippen LogP) is 5.53. The molecule has 3 aromatic carbocycles. The van der Waals surface area contributed by atoms with Gasteiger partial charge in [-0.15, -0.1) is 0 Å². The Kier molecular flexibility index (Phi) is 9.18. The lowest BCUT2D eigenvalue weighted by Crippen LogP contribution is -2.55. The highest BCUT2D eigenvalue weighted by Gasteiger charge is 2.49. The van der Waals surface area contributed by atoms with Gasteiger partial charge in [-0.05, 0) is 59.9 Å². The number of hydrogen-bond donors (Lipinski definition) is 2. The maximum Gasteiger partial charge on any atom is 0.255 e. The summed E-state index contributed by atoms with van der Waals surface area (Å²) >= 11 is 12.9. The van der Waals surface area contributed by atoms with Crippen LogP contribution >= 0.6 is 23.2 Å². The van der Waals surface area contributed by atoms with Gasteiger partial charge in [0, 0.05) is 35.3 Å². The van der Waals surface area contributed by atoms with Crippen LogP contribution in [0.25, 0.3) is 0 Å². The number of carbonyl (C=O) groups excluding carboxylic acids is 3. The molecule has 3 amide bonds. The van der Waals surface area contributed by atoms with Crippen LogP contribution in [0, 0.1) is 0 Å². The van der Waals surface area contributed by atoms with Crippen molar-refractivity contribution in [1.29, 1.82) is 0 Å². The van der Waals surface area contributed by atoms with Crippen LogP contribution in [0.2, 0.25) is 10.0 Å². The largest absolute Gasteiger partial charge is 0.391 e. The number of rotatable bonds is 7. The van der Waals surface area contributed by atoms with Gasteiger partial charge < -0.3 is 14.9 Å². The van der Waals surface area contributed by atoms with Crippen LogP contribution in [0.5, 0.6) is 0 Å². The fourth-order valence-electron chi connectivity index (χ4n) is 5.99. The molecule has 0 bridgehead atoms. The van der Waals surface area contributed by atoms with Crippen LogP contribution in [0.15, 0.2) is 66.7 Å². The molecular formula is C32H33Cl2N3O5. The number of carbonyl (C=O) groups is 3. The number of aliphatic hydroxyl groups excluding tert-OH is 1. The van der Waals surface area contributed by atoms with E-state index in [1.54, 1.807) is 85.7 Å². The van der Waals surface area contributed by atoms with Crippen molar-refractivity contribution in [3.63, 3.8) is 0 Å². The fourth-order valence-corrected chi connectivity index (χ4v) is 6.51. The Morgan fingerprint density at radius 2 is 1.76 bits per heavy atom. The Labute approximate surface area is 255 Å². The van der Waals surface area contributed by atoms with E-state index in [1.165, 1.54) is 4.90 Å². The molecule has 1 fully saturated rings. The number of aliphatic hydroxyl groups is 1. The number of nitrogens with zero attached hydrogens (tertiary/aromatic N) is 2. The molecule has 8 nitrogen and oxygen atoms in total. The minimum absolute atomic E-state index is 0.0189. The number of hydroxylamine groups is 1. The first-order valence-corrected chi connectivity index (χ1v) is 14.7. The van der Waals surface area contributed by atoms with E-state index in [2.05, 4.69) is 5.48 Å². The van der Waals surface area contributed by atoms with E-state index >= 15 is 0 Å². The molecule has 5 rings (SSSR count). The molecule has 1 heterocycles. The van der Waals surface area contributed by atoms with E-state index in [0.717, 1.165) is 12.8 Å². The summed E-state index contributed by atoms with van der Waals surface area (Å²) in [4.78, 5) is 49.3. The van der Waals surface area contributed by atoms with Crippen molar-refractivity contribution in [1.82, 2.24) is 15.3 Å². The number of halogens is 2. The van der Waals surface area contributed by atoms with Crippen molar-refractivity contribution in [3.8, 4) is 0 Å². The summed E-state index contributed by atoms with van der Waals surface area (Å²) in [6.45, 7) is 0.0189. The highest BCUT2D eigenvalue weighted by atomic mass is 35.5. The van der Waals surface area contributed by atoms with Crippen molar-refractivity contribution in [2.45, 2.75) is 56.4 Å². The van der Waals surface area contributed by atoms with Crippen molar-refractivity contribution in [3.05, 3.63) is 105 Å². The predicted molar refractivity (Wildman–Crippen MR) is 160 cm³/mol. The lowest BCUT2D eigenvalue weighted by molar-refractivity contribution is -0.138. The summed E-state index contributed by atoms with van der Waals surface area (Å²) < 4.78 is 0. The normalized spacial score (nSPS) is 21.9. The molecule has 0 spiro atoms. The Hall–Kier alpha value is -3.43. The molecule has 2 aliphatic rings. The van der Waals surface area contributed by atoms with E-state index in [4.69, 9.17) is 28.0 Å². The van der Waals surface area contributed by atoms with E-state index < -0.39 is 30.0 Å². The Bertz CT molecular complexity index is 1500. The zero-order valence-electron chi connectivity index (χ0n) is 23.4. The molecule has 0 aromatic heterocycles. The summed E-state index contributed by atoms with van der Waals surface area (Å²) in [5.41, 5.74) is 5.28. The van der Waals surface area contributed by atoms with Gasteiger partial charge in [0.05, 0.1) is 30.7 Å². The summed E-state index contributed by atoms with van der Waals surface area (Å²) in [5.74, 6) is -1.77. The molecule has 10 heteroatoms. The lowest BCUT2D eigenvalue weighted by atomic mass is 9.77. The number of amides is 3. The van der Waals surface area contributed by atoms with E-state index in [0.29, 0.717) is 50.7 Å². The number of fused-ring (bicyclic) bond motifs is 1. The topological polar surface area (TPSA) is 99.2 Å². The average molecular weight is 611 g/mol. The van der Waals surface area contributed by atoms with Gasteiger partial charge in [-0.3, -0.25) is 19.2 Å². The smallest absolute Gasteiger partial charge is 0.255 e. The lowest BCUT2D eigenvalue weighted by Gasteiger charge is -2.48. The minimum atomic E-state index is -0.895. The molecule has 2 N–H and O–H groups in total. The van der Waals surface area contributed by atoms with Gasteiger partial charge in [0.25, 0.3) is 17.7 Å². The first-order chi connectivity index (χ1) is 20.2. The third kappa shape index (κ3) is 6.03. The van der Waals surface area contributed by atoms with Gasteiger partial charge in [0.15, 0.2) is 0 Å². The third-order valence-electron chi connectivity index (χ3n) is 7.98. The molecule has 0 radical (unpaired) electrons. The molecule has 220 valence electrons. The van der Waals surface area contributed by atoms with E-state index in [9.17, 15) is 19.5 Å². The molecule has 0 unspecified atom stereocenters. The van der Waals surface area contributed by atoms with Gasteiger partial charge >= 0.3 is 0 Å². The van der Waals surface area contributed by atoms with Crippen LogP contribution in [-0.4, -0.2) is 58.9 Å². The summed E-state index contributed by atoms with van der Waals surface area (Å²) in [5, 5.41) is 11.8. The highest BCUT2D eigenvalue weighted by molar-refractivity contribution is 6.35. The van der Waals surface area contributed by atoms with Crippen molar-refractivity contribution in [2.24, 2.45) is 0 Å². The standard InChI is InChI=1S/C32H33Cl2N3O5/c1-36(2)31(40)20-9-7-8-19(16-20)18-42-35-30(39)28-22-10-3-4-11-23(22)32(41)37(26-12-5-6-13-27(26)38)29(28)24-15-14-21(33)17-25(24)34/h3-4,7-11,14-17,26-29,38H,5-6,12-13,18H2,1-2H3,(H,35,39)/t26-,27-,28+,29-/m0/s1. The SMILES string of the molecule is CN(C)C(=O)c1cccc(CONC(=O)[C@@H]2c3ccccc3C(=O)N([C@H]3CCCC[C@@H]3O)[C@H]2c2ccc(Cl)cc2Cl)c1. The van der Waals surface area contributed by atoms with Crippen LogP contribution < -0.4 is 5.48 Å². The quantitative estimate of drug-likeness (QED) is 0.343. The minimum Gasteiger partial charge on any atom is -0.391 e. The molecular weight excluding hydrogens is 577 g/mol. The zero-order valence-corrected chi connectivity index (χ0v) is 24.9. The Morgan fingerprint density at radius 1 is 1.00 bits per heavy atom. The monoisotopic (exact) mass is 609 g/mol. The first kappa shape index (κ1) is 30.0. The first-order valence-electron chi connectivity index (χ1n) is 13.9. The Balaban J connectivity index is 1.50. The highest BCUT2D eigenvalue weighted by Crippen LogP contribution is 2.47. The zero-order chi connectivity index (χ0) is 30.0. The van der Waals surface area contributed by atoms with Crippen LogP contribution in [0.1, 0.15) is 75.0 Å². The maximum absolute atomic E-state index is 14.1. The molecule has 1 aliphatic carbocycles. The second-order valence-electron chi connectivity index (χ2n) is 11.0. The van der Waals surface area contributed by atoms with Gasteiger partial charge in [-0.2, -0.15) is 0 Å². The van der Waals surface area contributed by atoms with Gasteiger partial charge in [-0.1, -0.05) is 72.4 Å². The molecule has 4 atom stereocenters. The van der Waals surface area contributed by atoms with E-state index in [1.807, 2.05) is 0 Å². The van der Waals surface area contributed by atoms with Gasteiger partial charge in [0.2, 0.25) is 0 Å². The van der Waals surface area contributed by atoms with Gasteiger partial charge in [0.1, 0.15) is 0 Å². The molecule has 1 aliphatic heterocycles. The maximum atomic E-state index is 14.1. The molecule has 3 aromatic rings. The van der Waals surface area contributed by atoms with Gasteiger partial charge in [-0.25, -0.2) is 5.48 Å². The van der Waals surface area contributed by atoms with Crippen molar-refractivity contribution < 1.29 is 24.3 Å². The Morgan fingerprint density at radius 3 is 2.50 bits per heavy atom. The second-order valence-corrected chi connectivity index (χ2v) is 11.8. The summed E-state index contributed by atoms with van der Waals surface area (Å²) in [6, 6.07) is 17.7. The summed E-state index contributed by atoms with van der Waals surface area (Å²) in [7, 11) is 3.36. The average Bonchev–Trinajstić information content (AvgIpc) is 2.97.